The van der Waals surface area contributed by atoms with E-state index in [2.05, 4.69) is 20.1 Å². The average Bonchev–Trinajstić information content (AvgIpc) is 2.70. The number of aromatic nitrogens is 3. The van der Waals surface area contributed by atoms with E-state index in [-0.39, 0.29) is 12.3 Å². The first kappa shape index (κ1) is 10.5. The van der Waals surface area contributed by atoms with Crippen molar-refractivity contribution in [1.29, 1.82) is 0 Å². The molecule has 0 aliphatic carbocycles. The lowest BCUT2D eigenvalue weighted by Crippen LogP contribution is -2.14. The van der Waals surface area contributed by atoms with E-state index in [1.165, 1.54) is 0 Å². The second-order valence-corrected chi connectivity index (χ2v) is 3.87. The number of benzene rings is 1. The van der Waals surface area contributed by atoms with Crippen LogP contribution in [0.2, 0.25) is 0 Å². The molecule has 82 valence electrons. The van der Waals surface area contributed by atoms with Gasteiger partial charge in [0, 0.05) is 17.2 Å². The van der Waals surface area contributed by atoms with Crippen LogP contribution in [0.4, 0.5) is 10.8 Å². The third-order valence-electron chi connectivity index (χ3n) is 1.86. The van der Waals surface area contributed by atoms with Crippen molar-refractivity contribution in [3.8, 4) is 0 Å². The number of carbonyl (C=O) groups is 1. The molecule has 0 aliphatic rings. The molecule has 2 rings (SSSR count). The average molecular weight is 235 g/mol. The molecule has 0 saturated carbocycles. The van der Waals surface area contributed by atoms with Gasteiger partial charge in [-0.3, -0.25) is 10.1 Å². The Morgan fingerprint density at radius 3 is 3.06 bits per heavy atom. The number of nitrogens with one attached hydrogen (secondary N) is 1. The van der Waals surface area contributed by atoms with Crippen molar-refractivity contribution < 1.29 is 4.79 Å². The first-order valence-electron chi connectivity index (χ1n) is 4.53. The molecule has 1 amide bonds. The lowest BCUT2D eigenvalue weighted by atomic mass is 10.1. The highest BCUT2D eigenvalue weighted by atomic mass is 32.1. The van der Waals surface area contributed by atoms with E-state index in [0.29, 0.717) is 10.8 Å². The topological polar surface area (TPSA) is 93.8 Å². The number of nitrogens with zero attached hydrogens (tertiary/aromatic N) is 3. The summed E-state index contributed by atoms with van der Waals surface area (Å²) in [7, 11) is 0. The smallest absolute Gasteiger partial charge is 0.231 e. The van der Waals surface area contributed by atoms with Crippen LogP contribution in [0.25, 0.3) is 0 Å². The van der Waals surface area contributed by atoms with Gasteiger partial charge in [0.25, 0.3) is 0 Å². The second kappa shape index (κ2) is 4.67. The molecule has 0 radical (unpaired) electrons. The molecule has 0 atom stereocenters. The molecule has 0 unspecified atom stereocenters. The summed E-state index contributed by atoms with van der Waals surface area (Å²) >= 11 is 1.04. The summed E-state index contributed by atoms with van der Waals surface area (Å²) in [5.74, 6) is -0.163. The van der Waals surface area contributed by atoms with Crippen LogP contribution in [0, 0.1) is 0 Å². The van der Waals surface area contributed by atoms with Crippen LogP contribution >= 0.6 is 11.5 Å². The summed E-state index contributed by atoms with van der Waals surface area (Å²) in [5, 5.41) is 9.99. The number of rotatable bonds is 3. The fourth-order valence-corrected chi connectivity index (χ4v) is 1.62. The number of nitrogen functional groups attached to an aromatic ring is 1. The molecular formula is C9H9N5OS. The molecule has 0 aliphatic heterocycles. The normalized spacial score (nSPS) is 10.0. The summed E-state index contributed by atoms with van der Waals surface area (Å²) in [6.45, 7) is 0. The fourth-order valence-electron chi connectivity index (χ4n) is 1.23. The number of nitrogens with two attached hydrogens (primary N) is 1. The number of amides is 1. The molecule has 2 aromatic rings. The number of hydrogen-bond acceptors (Lipinski definition) is 6. The molecule has 7 heteroatoms. The Kier molecular flexibility index (Phi) is 3.06. The van der Waals surface area contributed by atoms with Crippen LogP contribution in [0.15, 0.2) is 24.3 Å². The third-order valence-corrected chi connectivity index (χ3v) is 2.37. The van der Waals surface area contributed by atoms with Gasteiger partial charge >= 0.3 is 0 Å². The van der Waals surface area contributed by atoms with Gasteiger partial charge in [0.2, 0.25) is 11.0 Å². The summed E-state index contributed by atoms with van der Waals surface area (Å²) in [6, 6.07) is 7.19. The lowest BCUT2D eigenvalue weighted by molar-refractivity contribution is -0.115. The molecule has 0 bridgehead atoms. The lowest BCUT2D eigenvalue weighted by Gasteiger charge is -2.01. The summed E-state index contributed by atoms with van der Waals surface area (Å²) in [5.41, 5.74) is 7.11. The van der Waals surface area contributed by atoms with Gasteiger partial charge in [0.15, 0.2) is 0 Å². The van der Waals surface area contributed by atoms with Crippen LogP contribution in [-0.2, 0) is 11.2 Å². The van der Waals surface area contributed by atoms with Crippen molar-refractivity contribution in [2.75, 3.05) is 11.1 Å². The maximum Gasteiger partial charge on any atom is 0.231 e. The Hall–Kier alpha value is -2.02. The fraction of sp³-hybridized carbons (Fsp3) is 0.111. The minimum atomic E-state index is -0.163. The molecule has 1 aromatic carbocycles. The van der Waals surface area contributed by atoms with Crippen molar-refractivity contribution in [2.24, 2.45) is 0 Å². The summed E-state index contributed by atoms with van der Waals surface area (Å²) < 4.78 is 3.54. The van der Waals surface area contributed by atoms with Gasteiger partial charge < -0.3 is 5.73 Å². The standard InChI is InChI=1S/C9H9N5OS/c10-7-3-1-2-6(4-7)5-8(15)11-9-12-13-14-16-9/h1-4H,5,10H2,(H,11,12,14,15). The maximum atomic E-state index is 11.6. The Bertz CT molecular complexity index is 484. The molecule has 6 nitrogen and oxygen atoms in total. The quantitative estimate of drug-likeness (QED) is 0.763. The van der Waals surface area contributed by atoms with E-state index in [0.717, 1.165) is 17.1 Å². The van der Waals surface area contributed by atoms with Crippen LogP contribution in [0.3, 0.4) is 0 Å². The Balaban J connectivity index is 1.97. The molecular weight excluding hydrogens is 226 g/mol. The Morgan fingerprint density at radius 1 is 1.50 bits per heavy atom. The highest BCUT2D eigenvalue weighted by molar-refractivity contribution is 7.09. The Labute approximate surface area is 95.6 Å². The van der Waals surface area contributed by atoms with Gasteiger partial charge in [-0.25, -0.2) is 0 Å². The van der Waals surface area contributed by atoms with Crippen LogP contribution in [-0.4, -0.2) is 20.7 Å². The zero-order valence-corrected chi connectivity index (χ0v) is 9.07. The van der Waals surface area contributed by atoms with Crippen molar-refractivity contribution in [1.82, 2.24) is 14.8 Å². The first-order chi connectivity index (χ1) is 7.74. The second-order valence-electron chi connectivity index (χ2n) is 3.14. The molecule has 0 spiro atoms. The predicted octanol–water partition coefficient (Wildman–Crippen LogP) is 0.696. The minimum absolute atomic E-state index is 0.163. The number of anilines is 2. The van der Waals surface area contributed by atoms with Crippen molar-refractivity contribution in [2.45, 2.75) is 6.42 Å². The molecule has 0 saturated heterocycles. The summed E-state index contributed by atoms with van der Waals surface area (Å²) in [4.78, 5) is 11.6. The molecule has 0 fully saturated rings. The van der Waals surface area contributed by atoms with Crippen molar-refractivity contribution in [3.05, 3.63) is 29.8 Å². The SMILES string of the molecule is Nc1cccc(CC(=O)Nc2nnns2)c1. The largest absolute Gasteiger partial charge is 0.399 e. The van der Waals surface area contributed by atoms with E-state index < -0.39 is 0 Å². The Morgan fingerprint density at radius 2 is 2.38 bits per heavy atom. The van der Waals surface area contributed by atoms with Crippen LogP contribution < -0.4 is 11.1 Å². The van der Waals surface area contributed by atoms with E-state index in [9.17, 15) is 4.79 Å². The zero-order chi connectivity index (χ0) is 11.4. The zero-order valence-electron chi connectivity index (χ0n) is 8.25. The minimum Gasteiger partial charge on any atom is -0.399 e. The molecule has 1 heterocycles. The van der Waals surface area contributed by atoms with Crippen molar-refractivity contribution in [3.63, 3.8) is 0 Å². The van der Waals surface area contributed by atoms with Gasteiger partial charge in [-0.15, -0.1) is 0 Å². The van der Waals surface area contributed by atoms with Gasteiger partial charge in [-0.05, 0) is 22.9 Å². The third kappa shape index (κ3) is 2.74. The molecule has 3 N–H and O–H groups in total. The van der Waals surface area contributed by atoms with Gasteiger partial charge in [0.05, 0.1) is 6.42 Å². The van der Waals surface area contributed by atoms with E-state index in [1.807, 2.05) is 12.1 Å². The first-order valence-corrected chi connectivity index (χ1v) is 5.30. The highest BCUT2D eigenvalue weighted by Gasteiger charge is 2.06. The van der Waals surface area contributed by atoms with Crippen molar-refractivity contribution >= 4 is 28.3 Å². The molecule has 16 heavy (non-hydrogen) atoms. The summed E-state index contributed by atoms with van der Waals surface area (Å²) in [6.07, 6.45) is 0.255. The highest BCUT2D eigenvalue weighted by Crippen LogP contribution is 2.09. The predicted molar refractivity (Wildman–Crippen MR) is 60.9 cm³/mol. The number of carbonyl (C=O) groups excluding carboxylic acids is 1. The van der Waals surface area contributed by atoms with Gasteiger partial charge in [0.1, 0.15) is 0 Å². The van der Waals surface area contributed by atoms with Crippen LogP contribution in [0.1, 0.15) is 5.56 Å². The maximum absolute atomic E-state index is 11.6. The monoisotopic (exact) mass is 235 g/mol. The van der Waals surface area contributed by atoms with E-state index in [4.69, 9.17) is 5.73 Å². The van der Waals surface area contributed by atoms with Gasteiger partial charge in [-0.2, -0.15) is 0 Å². The van der Waals surface area contributed by atoms with E-state index >= 15 is 0 Å². The van der Waals surface area contributed by atoms with E-state index in [1.54, 1.807) is 12.1 Å². The van der Waals surface area contributed by atoms with Crippen LogP contribution in [0.5, 0.6) is 0 Å². The van der Waals surface area contributed by atoms with Gasteiger partial charge in [-0.1, -0.05) is 21.7 Å². The molecule has 1 aromatic heterocycles. The number of hydrogen-bond donors (Lipinski definition) is 2.